The minimum atomic E-state index is -4.51. The second-order valence-electron chi connectivity index (χ2n) is 5.44. The molecule has 0 saturated heterocycles. The molecule has 0 fully saturated rings. The van der Waals surface area contributed by atoms with Crippen molar-refractivity contribution < 1.29 is 17.6 Å². The van der Waals surface area contributed by atoms with Gasteiger partial charge in [-0.3, -0.25) is 0 Å². The molecule has 0 aliphatic rings. The Balaban J connectivity index is 1.83. The molecule has 6 nitrogen and oxygen atoms in total. The number of nitrogens with one attached hydrogen (secondary N) is 3. The molecular formula is C17H20F4N6. The summed E-state index contributed by atoms with van der Waals surface area (Å²) in [7, 11) is 0. The number of nitrogens with zero attached hydrogens (tertiary/aromatic N) is 3. The van der Waals surface area contributed by atoms with Crippen LogP contribution in [-0.4, -0.2) is 35.6 Å². The van der Waals surface area contributed by atoms with Gasteiger partial charge in [-0.25, -0.2) is 19.4 Å². The lowest BCUT2D eigenvalue weighted by atomic mass is 10.2. The zero-order valence-electron chi connectivity index (χ0n) is 14.6. The number of halogens is 4. The number of rotatable bonds is 7. The van der Waals surface area contributed by atoms with Crippen molar-refractivity contribution in [3.8, 4) is 0 Å². The van der Waals surface area contributed by atoms with Gasteiger partial charge in [0, 0.05) is 25.8 Å². The second kappa shape index (κ2) is 9.70. The predicted octanol–water partition coefficient (Wildman–Crippen LogP) is 2.80. The van der Waals surface area contributed by atoms with E-state index in [1.54, 1.807) is 12.1 Å². The van der Waals surface area contributed by atoms with E-state index in [-0.39, 0.29) is 11.8 Å². The molecule has 10 heteroatoms. The van der Waals surface area contributed by atoms with Gasteiger partial charge in [-0.05, 0) is 30.7 Å². The highest BCUT2D eigenvalue weighted by molar-refractivity contribution is 5.79. The third-order valence-corrected chi connectivity index (χ3v) is 3.32. The third-order valence-electron chi connectivity index (χ3n) is 3.32. The topological polar surface area (TPSA) is 74.2 Å². The molecule has 0 spiro atoms. The summed E-state index contributed by atoms with van der Waals surface area (Å²) in [4.78, 5) is 11.6. The Kier molecular flexibility index (Phi) is 7.33. The maximum absolute atomic E-state index is 12.9. The van der Waals surface area contributed by atoms with E-state index in [1.807, 2.05) is 6.92 Å². The predicted molar refractivity (Wildman–Crippen MR) is 94.7 cm³/mol. The highest BCUT2D eigenvalue weighted by Gasteiger charge is 2.32. The summed E-state index contributed by atoms with van der Waals surface area (Å²) in [6.45, 7) is 3.58. The standard InChI is InChI=1S/C17H20F4N6/c1-2-22-15(26-11-12-3-5-13(18)6-4-12)24-9-10-25-16-23-8-7-14(27-16)17(19,20)21/h3-8H,2,9-11H2,1H3,(H2,22,24,26)(H,23,25,27). The van der Waals surface area contributed by atoms with Gasteiger partial charge in [0.25, 0.3) is 0 Å². The van der Waals surface area contributed by atoms with E-state index in [0.29, 0.717) is 32.1 Å². The highest BCUT2D eigenvalue weighted by atomic mass is 19.4. The first-order chi connectivity index (χ1) is 12.9. The van der Waals surface area contributed by atoms with Crippen molar-refractivity contribution in [3.63, 3.8) is 0 Å². The van der Waals surface area contributed by atoms with E-state index in [4.69, 9.17) is 0 Å². The molecule has 0 aliphatic heterocycles. The first-order valence-corrected chi connectivity index (χ1v) is 8.29. The van der Waals surface area contributed by atoms with Crippen LogP contribution in [0.3, 0.4) is 0 Å². The summed E-state index contributed by atoms with van der Waals surface area (Å²) in [6.07, 6.45) is -3.46. The molecule has 146 valence electrons. The fourth-order valence-corrected chi connectivity index (χ4v) is 2.06. The van der Waals surface area contributed by atoms with E-state index in [1.165, 1.54) is 12.1 Å². The summed E-state index contributed by atoms with van der Waals surface area (Å²) in [5.74, 6) is 0.129. The van der Waals surface area contributed by atoms with E-state index in [9.17, 15) is 17.6 Å². The quantitative estimate of drug-likeness (QED) is 0.296. The fourth-order valence-electron chi connectivity index (χ4n) is 2.06. The van der Waals surface area contributed by atoms with E-state index >= 15 is 0 Å². The van der Waals surface area contributed by atoms with Gasteiger partial charge in [-0.1, -0.05) is 12.1 Å². The largest absolute Gasteiger partial charge is 0.433 e. The van der Waals surface area contributed by atoms with E-state index in [0.717, 1.165) is 17.8 Å². The molecule has 27 heavy (non-hydrogen) atoms. The first kappa shape index (κ1) is 20.4. The number of benzene rings is 1. The van der Waals surface area contributed by atoms with E-state index < -0.39 is 11.9 Å². The summed E-state index contributed by atoms with van der Waals surface area (Å²) in [5, 5.41) is 8.82. The monoisotopic (exact) mass is 384 g/mol. The van der Waals surface area contributed by atoms with Crippen LogP contribution in [0.5, 0.6) is 0 Å². The summed E-state index contributed by atoms with van der Waals surface area (Å²) in [6, 6.07) is 6.84. The zero-order valence-corrected chi connectivity index (χ0v) is 14.6. The lowest BCUT2D eigenvalue weighted by Gasteiger charge is -2.12. The minimum absolute atomic E-state index is 0.0973. The Morgan fingerprint density at radius 3 is 2.48 bits per heavy atom. The van der Waals surface area contributed by atoms with Crippen molar-refractivity contribution in [2.75, 3.05) is 25.0 Å². The lowest BCUT2D eigenvalue weighted by Crippen LogP contribution is -2.39. The Morgan fingerprint density at radius 1 is 1.07 bits per heavy atom. The van der Waals surface area contributed by atoms with Crippen LogP contribution in [0.25, 0.3) is 0 Å². The summed E-state index contributed by atoms with van der Waals surface area (Å²) < 4.78 is 50.8. The normalized spacial score (nSPS) is 12.0. The number of hydrogen-bond donors (Lipinski definition) is 3. The number of hydrogen-bond acceptors (Lipinski definition) is 4. The minimum Gasteiger partial charge on any atom is -0.357 e. The maximum Gasteiger partial charge on any atom is 0.433 e. The molecule has 0 amide bonds. The SMILES string of the molecule is CCNC(=NCc1ccc(F)cc1)NCCNc1nccc(C(F)(F)F)n1. The van der Waals surface area contributed by atoms with E-state index in [2.05, 4.69) is 30.9 Å². The second-order valence-corrected chi connectivity index (χ2v) is 5.44. The van der Waals surface area contributed by atoms with Crippen molar-refractivity contribution in [1.82, 2.24) is 20.6 Å². The van der Waals surface area contributed by atoms with Gasteiger partial charge in [0.15, 0.2) is 5.96 Å². The van der Waals surface area contributed by atoms with Crippen molar-refractivity contribution in [3.05, 3.63) is 53.6 Å². The van der Waals surface area contributed by atoms with Crippen LogP contribution in [0.4, 0.5) is 23.5 Å². The molecule has 0 unspecified atom stereocenters. The van der Waals surface area contributed by atoms with Crippen LogP contribution in [0.15, 0.2) is 41.5 Å². The van der Waals surface area contributed by atoms with Crippen LogP contribution in [-0.2, 0) is 12.7 Å². The molecule has 0 bridgehead atoms. The molecule has 1 aromatic heterocycles. The molecule has 0 atom stereocenters. The van der Waals surface area contributed by atoms with Gasteiger partial charge in [-0.2, -0.15) is 13.2 Å². The zero-order chi connectivity index (χ0) is 19.7. The maximum atomic E-state index is 12.9. The Bertz CT molecular complexity index is 746. The smallest absolute Gasteiger partial charge is 0.357 e. The molecule has 0 aliphatic carbocycles. The fraction of sp³-hybridized carbons (Fsp3) is 0.353. The third kappa shape index (κ3) is 7.08. The van der Waals surface area contributed by atoms with Crippen molar-refractivity contribution in [2.24, 2.45) is 4.99 Å². The van der Waals surface area contributed by atoms with Gasteiger partial charge >= 0.3 is 6.18 Å². The van der Waals surface area contributed by atoms with Crippen LogP contribution in [0, 0.1) is 5.82 Å². The number of guanidine groups is 1. The van der Waals surface area contributed by atoms with Gasteiger partial charge in [0.2, 0.25) is 5.95 Å². The van der Waals surface area contributed by atoms with Crippen LogP contribution < -0.4 is 16.0 Å². The number of anilines is 1. The highest BCUT2D eigenvalue weighted by Crippen LogP contribution is 2.27. The van der Waals surface area contributed by atoms with Gasteiger partial charge in [0.1, 0.15) is 11.5 Å². The Morgan fingerprint density at radius 2 is 1.81 bits per heavy atom. The van der Waals surface area contributed by atoms with Crippen LogP contribution in [0.1, 0.15) is 18.2 Å². The molecule has 0 saturated carbocycles. The average molecular weight is 384 g/mol. The summed E-state index contributed by atoms with van der Waals surface area (Å²) in [5.41, 5.74) is -0.147. The van der Waals surface area contributed by atoms with Gasteiger partial charge < -0.3 is 16.0 Å². The molecule has 2 aromatic rings. The molecule has 2 rings (SSSR count). The number of aliphatic imine (C=N–C) groups is 1. The van der Waals surface area contributed by atoms with Crippen LogP contribution in [0.2, 0.25) is 0 Å². The number of alkyl halides is 3. The van der Waals surface area contributed by atoms with Crippen molar-refractivity contribution in [1.29, 1.82) is 0 Å². The average Bonchev–Trinajstić information content (AvgIpc) is 2.64. The van der Waals surface area contributed by atoms with Crippen LogP contribution >= 0.6 is 0 Å². The molecule has 1 aromatic carbocycles. The Labute approximate surface area is 154 Å². The summed E-state index contributed by atoms with van der Waals surface area (Å²) >= 11 is 0. The van der Waals surface area contributed by atoms with Crippen molar-refractivity contribution in [2.45, 2.75) is 19.6 Å². The van der Waals surface area contributed by atoms with Crippen molar-refractivity contribution >= 4 is 11.9 Å². The Hall–Kier alpha value is -2.91. The molecular weight excluding hydrogens is 364 g/mol. The lowest BCUT2D eigenvalue weighted by molar-refractivity contribution is -0.141. The van der Waals surface area contributed by atoms with Gasteiger partial charge in [0.05, 0.1) is 6.54 Å². The molecule has 1 heterocycles. The molecule has 3 N–H and O–H groups in total. The molecule has 0 radical (unpaired) electrons. The number of aromatic nitrogens is 2. The van der Waals surface area contributed by atoms with Gasteiger partial charge in [-0.15, -0.1) is 0 Å². The first-order valence-electron chi connectivity index (χ1n) is 8.29.